The first-order valence-electron chi connectivity index (χ1n) is 5.74. The van der Waals surface area contributed by atoms with Crippen molar-refractivity contribution in [2.24, 2.45) is 0 Å². The maximum absolute atomic E-state index is 5.64. The van der Waals surface area contributed by atoms with Crippen LogP contribution in [0.15, 0.2) is 24.5 Å². The Kier molecular flexibility index (Phi) is 3.79. The molecule has 1 heterocycles. The predicted octanol–water partition coefficient (Wildman–Crippen LogP) is 1.54. The number of methoxy groups -OCH3 is 3. The van der Waals surface area contributed by atoms with Crippen molar-refractivity contribution in [1.82, 2.24) is 9.78 Å². The molecule has 6 nitrogen and oxygen atoms in total. The summed E-state index contributed by atoms with van der Waals surface area (Å²) in [6.45, 7) is 0.577. The van der Waals surface area contributed by atoms with Crippen LogP contribution in [0.5, 0.6) is 17.2 Å². The van der Waals surface area contributed by atoms with Crippen LogP contribution in [-0.2, 0) is 6.54 Å². The van der Waals surface area contributed by atoms with Crippen LogP contribution < -0.4 is 19.9 Å². The molecule has 0 fully saturated rings. The van der Waals surface area contributed by atoms with Gasteiger partial charge >= 0.3 is 0 Å². The van der Waals surface area contributed by atoms with Crippen LogP contribution in [0.25, 0.3) is 0 Å². The molecule has 1 aromatic carbocycles. The van der Waals surface area contributed by atoms with Gasteiger partial charge in [-0.2, -0.15) is 5.10 Å². The van der Waals surface area contributed by atoms with E-state index in [-0.39, 0.29) is 0 Å². The summed E-state index contributed by atoms with van der Waals surface area (Å²) in [6.07, 6.45) is 3.38. The first kappa shape index (κ1) is 13.1. The average Bonchev–Trinajstić information content (AvgIpc) is 2.82. The van der Waals surface area contributed by atoms with Crippen molar-refractivity contribution in [3.8, 4) is 17.2 Å². The molecule has 0 atom stereocenters. The Labute approximate surface area is 111 Å². The van der Waals surface area contributed by atoms with Gasteiger partial charge in [-0.25, -0.2) is 0 Å². The average molecular weight is 263 g/mol. The Morgan fingerprint density at radius 2 is 1.74 bits per heavy atom. The van der Waals surface area contributed by atoms with Gasteiger partial charge in [-0.3, -0.25) is 4.68 Å². The molecule has 0 radical (unpaired) electrons. The lowest BCUT2D eigenvalue weighted by molar-refractivity contribution is 0.323. The lowest BCUT2D eigenvalue weighted by Gasteiger charge is -2.14. The Balaban J connectivity index is 2.35. The van der Waals surface area contributed by atoms with Crippen LogP contribution in [0, 0.1) is 0 Å². The molecule has 0 bridgehead atoms. The number of aromatic nitrogens is 2. The van der Waals surface area contributed by atoms with Crippen molar-refractivity contribution in [2.75, 3.05) is 27.1 Å². The normalized spacial score (nSPS) is 10.3. The monoisotopic (exact) mass is 263 g/mol. The Bertz CT molecular complexity index is 541. The van der Waals surface area contributed by atoms with Crippen molar-refractivity contribution in [1.29, 1.82) is 0 Å². The lowest BCUT2D eigenvalue weighted by Crippen LogP contribution is -2.02. The predicted molar refractivity (Wildman–Crippen MR) is 71.8 cm³/mol. The van der Waals surface area contributed by atoms with Gasteiger partial charge in [0.15, 0.2) is 11.5 Å². The molecule has 0 saturated carbocycles. The summed E-state index contributed by atoms with van der Waals surface area (Å²) in [5.41, 5.74) is 7.25. The van der Waals surface area contributed by atoms with E-state index in [1.807, 2.05) is 12.1 Å². The maximum atomic E-state index is 5.64. The van der Waals surface area contributed by atoms with E-state index in [2.05, 4.69) is 5.10 Å². The van der Waals surface area contributed by atoms with E-state index >= 15 is 0 Å². The highest BCUT2D eigenvalue weighted by molar-refractivity contribution is 5.53. The summed E-state index contributed by atoms with van der Waals surface area (Å²) in [5, 5.41) is 4.14. The van der Waals surface area contributed by atoms with E-state index in [4.69, 9.17) is 19.9 Å². The van der Waals surface area contributed by atoms with Gasteiger partial charge in [0.05, 0.1) is 39.8 Å². The molecule has 0 aliphatic heterocycles. The minimum atomic E-state index is 0.577. The molecule has 2 rings (SSSR count). The van der Waals surface area contributed by atoms with Gasteiger partial charge < -0.3 is 19.9 Å². The second-order valence-corrected chi connectivity index (χ2v) is 4.00. The number of nitrogens with zero attached hydrogens (tertiary/aromatic N) is 2. The molecule has 19 heavy (non-hydrogen) atoms. The molecule has 0 saturated heterocycles. The third kappa shape index (κ3) is 2.73. The van der Waals surface area contributed by atoms with Crippen LogP contribution in [0.3, 0.4) is 0 Å². The maximum Gasteiger partial charge on any atom is 0.203 e. The zero-order valence-corrected chi connectivity index (χ0v) is 11.2. The quantitative estimate of drug-likeness (QED) is 0.886. The number of anilines is 1. The molecule has 6 heteroatoms. The summed E-state index contributed by atoms with van der Waals surface area (Å²) >= 11 is 0. The van der Waals surface area contributed by atoms with Gasteiger partial charge in [0.1, 0.15) is 0 Å². The topological polar surface area (TPSA) is 71.5 Å². The van der Waals surface area contributed by atoms with Gasteiger partial charge in [0, 0.05) is 6.20 Å². The second kappa shape index (κ2) is 5.51. The van der Waals surface area contributed by atoms with Gasteiger partial charge in [0.2, 0.25) is 5.75 Å². The van der Waals surface area contributed by atoms with Crippen LogP contribution in [-0.4, -0.2) is 31.1 Å². The number of benzene rings is 1. The Morgan fingerprint density at radius 3 is 2.16 bits per heavy atom. The van der Waals surface area contributed by atoms with Crippen molar-refractivity contribution < 1.29 is 14.2 Å². The minimum absolute atomic E-state index is 0.577. The van der Waals surface area contributed by atoms with E-state index < -0.39 is 0 Å². The van der Waals surface area contributed by atoms with Crippen LogP contribution >= 0.6 is 0 Å². The van der Waals surface area contributed by atoms with Crippen molar-refractivity contribution in [3.05, 3.63) is 30.1 Å². The highest BCUT2D eigenvalue weighted by Gasteiger charge is 2.13. The van der Waals surface area contributed by atoms with Crippen molar-refractivity contribution in [3.63, 3.8) is 0 Å². The van der Waals surface area contributed by atoms with Gasteiger partial charge in [-0.05, 0) is 17.7 Å². The molecule has 0 spiro atoms. The van der Waals surface area contributed by atoms with E-state index in [1.54, 1.807) is 38.4 Å². The highest BCUT2D eigenvalue weighted by Crippen LogP contribution is 2.38. The molecular formula is C13H17N3O3. The smallest absolute Gasteiger partial charge is 0.203 e. The van der Waals surface area contributed by atoms with E-state index in [0.717, 1.165) is 5.56 Å². The van der Waals surface area contributed by atoms with Crippen molar-refractivity contribution in [2.45, 2.75) is 6.54 Å². The van der Waals surface area contributed by atoms with Crippen LogP contribution in [0.2, 0.25) is 0 Å². The highest BCUT2D eigenvalue weighted by atomic mass is 16.5. The summed E-state index contributed by atoms with van der Waals surface area (Å²) < 4.78 is 17.6. The number of nitrogen functional groups attached to an aromatic ring is 1. The summed E-state index contributed by atoms with van der Waals surface area (Å²) in [6, 6.07) is 3.78. The standard InChI is InChI=1S/C13H17N3O3/c1-17-11-4-9(5-12(18-2)13(11)19-3)7-16-8-10(14)6-15-16/h4-6,8H,7,14H2,1-3H3. The van der Waals surface area contributed by atoms with Crippen LogP contribution in [0.4, 0.5) is 5.69 Å². The third-order valence-corrected chi connectivity index (χ3v) is 2.72. The molecule has 2 aromatic rings. The summed E-state index contributed by atoms with van der Waals surface area (Å²) in [4.78, 5) is 0. The molecular weight excluding hydrogens is 246 g/mol. The Hall–Kier alpha value is -2.37. The van der Waals surface area contributed by atoms with Crippen molar-refractivity contribution >= 4 is 5.69 Å². The van der Waals surface area contributed by atoms with Gasteiger partial charge in [0.25, 0.3) is 0 Å². The number of nitrogens with two attached hydrogens (primary N) is 1. The largest absolute Gasteiger partial charge is 0.493 e. The zero-order chi connectivity index (χ0) is 13.8. The fraction of sp³-hybridized carbons (Fsp3) is 0.308. The van der Waals surface area contributed by atoms with E-state index in [0.29, 0.717) is 29.5 Å². The Morgan fingerprint density at radius 1 is 1.11 bits per heavy atom. The molecule has 0 amide bonds. The number of hydrogen-bond acceptors (Lipinski definition) is 5. The molecule has 0 aliphatic rings. The molecule has 102 valence electrons. The molecule has 0 aliphatic carbocycles. The second-order valence-electron chi connectivity index (χ2n) is 4.00. The van der Waals surface area contributed by atoms with E-state index in [1.165, 1.54) is 0 Å². The molecule has 2 N–H and O–H groups in total. The lowest BCUT2D eigenvalue weighted by atomic mass is 10.2. The van der Waals surface area contributed by atoms with Gasteiger partial charge in [-0.1, -0.05) is 0 Å². The molecule has 0 unspecified atom stereocenters. The zero-order valence-electron chi connectivity index (χ0n) is 11.2. The first-order valence-corrected chi connectivity index (χ1v) is 5.74. The number of rotatable bonds is 5. The summed E-state index contributed by atoms with van der Waals surface area (Å²) in [5.74, 6) is 1.82. The SMILES string of the molecule is COc1cc(Cn2cc(N)cn2)cc(OC)c1OC. The summed E-state index contributed by atoms with van der Waals surface area (Å²) in [7, 11) is 4.76. The minimum Gasteiger partial charge on any atom is -0.493 e. The van der Waals surface area contributed by atoms with E-state index in [9.17, 15) is 0 Å². The molecule has 1 aromatic heterocycles. The van der Waals surface area contributed by atoms with Crippen LogP contribution in [0.1, 0.15) is 5.56 Å². The fourth-order valence-electron chi connectivity index (χ4n) is 1.88. The fourth-order valence-corrected chi connectivity index (χ4v) is 1.88. The number of hydrogen-bond donors (Lipinski definition) is 1. The number of ether oxygens (including phenoxy) is 3. The third-order valence-electron chi connectivity index (χ3n) is 2.72. The van der Waals surface area contributed by atoms with Gasteiger partial charge in [-0.15, -0.1) is 0 Å². The first-order chi connectivity index (χ1) is 9.17.